The molecule has 0 amide bonds. The van der Waals surface area contributed by atoms with E-state index in [0.29, 0.717) is 43.3 Å². The zero-order valence-electron chi connectivity index (χ0n) is 16.9. The zero-order valence-corrected chi connectivity index (χ0v) is 16.9. The molecule has 0 radical (unpaired) electrons. The maximum absolute atomic E-state index is 5.95. The minimum atomic E-state index is 0.212. The van der Waals surface area contributed by atoms with Crippen molar-refractivity contribution >= 4 is 12.0 Å². The Morgan fingerprint density at radius 1 is 1.14 bits per heavy atom. The van der Waals surface area contributed by atoms with Gasteiger partial charge in [-0.15, -0.1) is 0 Å². The number of piperidine rings is 1. The monoisotopic (exact) mass is 403 g/mol. The first-order valence-corrected chi connectivity index (χ1v) is 10.3. The zero-order chi connectivity index (χ0) is 20.1. The second-order valence-corrected chi connectivity index (χ2v) is 7.59. The number of rotatable bonds is 8. The number of ether oxygens (including phenoxy) is 2. The van der Waals surface area contributed by atoms with Crippen molar-refractivity contribution in [2.45, 2.75) is 38.8 Å². The summed E-state index contributed by atoms with van der Waals surface area (Å²) in [5.41, 5.74) is 5.95. The van der Waals surface area contributed by atoms with Crippen LogP contribution in [0.4, 0.5) is 12.0 Å². The Kier molecular flexibility index (Phi) is 6.40. The van der Waals surface area contributed by atoms with Crippen molar-refractivity contribution in [3.8, 4) is 5.75 Å². The van der Waals surface area contributed by atoms with E-state index >= 15 is 0 Å². The van der Waals surface area contributed by atoms with Crippen LogP contribution in [0.5, 0.6) is 5.75 Å². The van der Waals surface area contributed by atoms with Crippen LogP contribution in [-0.2, 0) is 11.3 Å². The maximum Gasteiger partial charge on any atom is 0.324 e. The summed E-state index contributed by atoms with van der Waals surface area (Å²) in [5, 5.41) is 3.96. The van der Waals surface area contributed by atoms with E-state index in [9.17, 15) is 0 Å². The lowest BCUT2D eigenvalue weighted by molar-refractivity contribution is 0.126. The van der Waals surface area contributed by atoms with Gasteiger partial charge < -0.3 is 29.5 Å². The van der Waals surface area contributed by atoms with Crippen LogP contribution in [0.3, 0.4) is 0 Å². The number of aromatic nitrogens is 4. The van der Waals surface area contributed by atoms with Gasteiger partial charge in [-0.2, -0.15) is 4.98 Å². The molecule has 29 heavy (non-hydrogen) atoms. The average molecular weight is 403 g/mol. The minimum Gasteiger partial charge on any atom is -0.490 e. The molecule has 2 aromatic heterocycles. The van der Waals surface area contributed by atoms with E-state index in [-0.39, 0.29) is 6.04 Å². The van der Waals surface area contributed by atoms with Crippen molar-refractivity contribution < 1.29 is 14.0 Å². The van der Waals surface area contributed by atoms with E-state index < -0.39 is 0 Å². The molecule has 0 bridgehead atoms. The van der Waals surface area contributed by atoms with Gasteiger partial charge in [-0.3, -0.25) is 0 Å². The number of hydrogen-bond donors (Lipinski definition) is 1. The van der Waals surface area contributed by atoms with Gasteiger partial charge in [0.15, 0.2) is 11.6 Å². The smallest absolute Gasteiger partial charge is 0.324 e. The predicted molar refractivity (Wildman–Crippen MR) is 107 cm³/mol. The highest BCUT2D eigenvalue weighted by Crippen LogP contribution is 2.23. The third kappa shape index (κ3) is 5.13. The van der Waals surface area contributed by atoms with Gasteiger partial charge in [0.05, 0.1) is 19.0 Å². The Morgan fingerprint density at radius 2 is 1.90 bits per heavy atom. The van der Waals surface area contributed by atoms with E-state index in [0.717, 1.165) is 51.4 Å². The van der Waals surface area contributed by atoms with Crippen LogP contribution in [0.2, 0.25) is 0 Å². The molecule has 0 saturated carbocycles. The summed E-state index contributed by atoms with van der Waals surface area (Å²) >= 11 is 0. The molecular weight excluding hydrogens is 374 g/mol. The summed E-state index contributed by atoms with van der Waals surface area (Å²) in [6.07, 6.45) is 6.50. The van der Waals surface area contributed by atoms with Crippen LogP contribution in [0.25, 0.3) is 0 Å². The molecule has 2 N–H and O–H groups in total. The van der Waals surface area contributed by atoms with Crippen molar-refractivity contribution in [2.75, 3.05) is 49.2 Å². The highest BCUT2D eigenvalue weighted by Gasteiger charge is 2.24. The summed E-state index contributed by atoms with van der Waals surface area (Å²) in [7, 11) is 0. The molecule has 158 valence electrons. The third-order valence-electron chi connectivity index (χ3n) is 5.39. The van der Waals surface area contributed by atoms with Crippen molar-refractivity contribution in [3.05, 3.63) is 18.2 Å². The molecule has 10 nitrogen and oxygen atoms in total. The first kappa shape index (κ1) is 19.8. The van der Waals surface area contributed by atoms with Gasteiger partial charge in [0, 0.05) is 38.8 Å². The summed E-state index contributed by atoms with van der Waals surface area (Å²) in [5.74, 6) is 2.50. The van der Waals surface area contributed by atoms with E-state index in [4.69, 9.17) is 19.7 Å². The van der Waals surface area contributed by atoms with E-state index in [2.05, 4.69) is 29.9 Å². The summed E-state index contributed by atoms with van der Waals surface area (Å²) in [6, 6.07) is 0.786. The summed E-state index contributed by atoms with van der Waals surface area (Å²) < 4.78 is 16.6. The summed E-state index contributed by atoms with van der Waals surface area (Å²) in [4.78, 5) is 17.5. The molecule has 2 aliphatic heterocycles. The Labute approximate surface area is 170 Å². The lowest BCUT2D eigenvalue weighted by Gasteiger charge is -2.30. The van der Waals surface area contributed by atoms with Gasteiger partial charge in [-0.25, -0.2) is 9.97 Å². The molecule has 0 aliphatic carbocycles. The highest BCUT2D eigenvalue weighted by atomic mass is 16.5. The molecule has 0 spiro atoms. The molecule has 2 saturated heterocycles. The quantitative estimate of drug-likeness (QED) is 0.690. The van der Waals surface area contributed by atoms with Gasteiger partial charge in [0.2, 0.25) is 5.95 Å². The fourth-order valence-corrected chi connectivity index (χ4v) is 3.65. The van der Waals surface area contributed by atoms with E-state index in [1.165, 1.54) is 0 Å². The first-order chi connectivity index (χ1) is 14.2. The molecule has 4 heterocycles. The van der Waals surface area contributed by atoms with Gasteiger partial charge >= 0.3 is 6.01 Å². The second kappa shape index (κ2) is 9.36. The molecule has 4 rings (SSSR count). The van der Waals surface area contributed by atoms with Gasteiger partial charge in [0.1, 0.15) is 6.61 Å². The third-order valence-corrected chi connectivity index (χ3v) is 5.39. The SMILES string of the molecule is CCOCc1noc(N2CCC(COc3cnc(N4CCC(N)C4)nc3)CC2)n1. The molecular formula is C19H29N7O3. The number of anilines is 2. The van der Waals surface area contributed by atoms with Crippen LogP contribution in [-0.4, -0.2) is 65.5 Å². The van der Waals surface area contributed by atoms with Crippen molar-refractivity contribution in [1.29, 1.82) is 0 Å². The topological polar surface area (TPSA) is 116 Å². The van der Waals surface area contributed by atoms with Crippen LogP contribution in [0.1, 0.15) is 32.0 Å². The Bertz CT molecular complexity index is 761. The van der Waals surface area contributed by atoms with Crippen molar-refractivity contribution in [1.82, 2.24) is 20.1 Å². The Balaban J connectivity index is 1.20. The fraction of sp³-hybridized carbons (Fsp3) is 0.684. The number of hydrogen-bond acceptors (Lipinski definition) is 10. The van der Waals surface area contributed by atoms with Crippen LogP contribution < -0.4 is 20.3 Å². The minimum absolute atomic E-state index is 0.212. The molecule has 1 unspecified atom stereocenters. The van der Waals surface area contributed by atoms with E-state index in [1.807, 2.05) is 6.92 Å². The van der Waals surface area contributed by atoms with Crippen LogP contribution in [0.15, 0.2) is 16.9 Å². The lowest BCUT2D eigenvalue weighted by atomic mass is 9.98. The average Bonchev–Trinajstić information content (AvgIpc) is 3.41. The molecule has 1 atom stereocenters. The molecule has 0 aromatic carbocycles. The maximum atomic E-state index is 5.95. The lowest BCUT2D eigenvalue weighted by Crippen LogP contribution is -2.35. The molecule has 10 heteroatoms. The van der Waals surface area contributed by atoms with Gasteiger partial charge in [-0.05, 0) is 32.1 Å². The number of nitrogens with two attached hydrogens (primary N) is 1. The van der Waals surface area contributed by atoms with E-state index in [1.54, 1.807) is 12.4 Å². The highest BCUT2D eigenvalue weighted by molar-refractivity contribution is 5.33. The second-order valence-electron chi connectivity index (χ2n) is 7.59. The van der Waals surface area contributed by atoms with Crippen LogP contribution in [0, 0.1) is 5.92 Å². The predicted octanol–water partition coefficient (Wildman–Crippen LogP) is 1.23. The van der Waals surface area contributed by atoms with Crippen molar-refractivity contribution in [2.24, 2.45) is 11.7 Å². The molecule has 2 aliphatic rings. The molecule has 2 fully saturated rings. The van der Waals surface area contributed by atoms with Crippen molar-refractivity contribution in [3.63, 3.8) is 0 Å². The summed E-state index contributed by atoms with van der Waals surface area (Å²) in [6.45, 7) is 7.08. The van der Waals surface area contributed by atoms with Gasteiger partial charge in [0.25, 0.3) is 0 Å². The Morgan fingerprint density at radius 3 is 2.59 bits per heavy atom. The number of nitrogens with zero attached hydrogens (tertiary/aromatic N) is 6. The largest absolute Gasteiger partial charge is 0.490 e. The van der Waals surface area contributed by atoms with Crippen LogP contribution >= 0.6 is 0 Å². The molecule has 2 aromatic rings. The Hall–Kier alpha value is -2.46. The standard InChI is InChI=1S/C19H29N7O3/c1-2-27-13-17-23-19(29-24-17)25-6-3-14(4-7-25)12-28-16-9-21-18(22-10-16)26-8-5-15(20)11-26/h9-10,14-15H,2-8,11-13,20H2,1H3. The fourth-order valence-electron chi connectivity index (χ4n) is 3.65. The first-order valence-electron chi connectivity index (χ1n) is 10.3. The normalized spacial score (nSPS) is 20.4. The van der Waals surface area contributed by atoms with Gasteiger partial charge in [-0.1, -0.05) is 5.16 Å².